The molecule has 27 heavy (non-hydrogen) atoms. The summed E-state index contributed by atoms with van der Waals surface area (Å²) in [4.78, 5) is 18.5. The van der Waals surface area contributed by atoms with Gasteiger partial charge in [0.2, 0.25) is 10.0 Å². The van der Waals surface area contributed by atoms with E-state index in [1.807, 2.05) is 30.3 Å². The second kappa shape index (κ2) is 7.40. The number of benzene rings is 1. The first kappa shape index (κ1) is 18.1. The third kappa shape index (κ3) is 3.61. The van der Waals surface area contributed by atoms with Crippen molar-refractivity contribution in [3.63, 3.8) is 0 Å². The maximum absolute atomic E-state index is 13.0. The van der Waals surface area contributed by atoms with Crippen LogP contribution in [0.15, 0.2) is 54.9 Å². The van der Waals surface area contributed by atoms with Gasteiger partial charge in [0, 0.05) is 44.1 Å². The summed E-state index contributed by atoms with van der Waals surface area (Å²) in [5.74, 6) is 0.0621. The molecule has 2 saturated heterocycles. The fourth-order valence-electron chi connectivity index (χ4n) is 4.11. The Bertz CT molecular complexity index is 903. The van der Waals surface area contributed by atoms with Crippen LogP contribution in [0.25, 0.3) is 0 Å². The molecule has 142 valence electrons. The summed E-state index contributed by atoms with van der Waals surface area (Å²) >= 11 is 0. The van der Waals surface area contributed by atoms with Gasteiger partial charge in [0.1, 0.15) is 0 Å². The quantitative estimate of drug-likeness (QED) is 0.812. The van der Waals surface area contributed by atoms with Gasteiger partial charge in [0.15, 0.2) is 0 Å². The van der Waals surface area contributed by atoms with Crippen LogP contribution in [0.3, 0.4) is 0 Å². The fraction of sp³-hybridized carbons (Fsp3) is 0.400. The van der Waals surface area contributed by atoms with Gasteiger partial charge < -0.3 is 4.90 Å². The Morgan fingerprint density at radius 2 is 1.74 bits per heavy atom. The first-order chi connectivity index (χ1) is 13.1. The molecule has 6 nitrogen and oxygen atoms in total. The number of nitrogens with zero attached hydrogens (tertiary/aromatic N) is 3. The summed E-state index contributed by atoms with van der Waals surface area (Å²) in [6, 6.07) is 12.9. The third-order valence-electron chi connectivity index (χ3n) is 5.58. The monoisotopic (exact) mass is 385 g/mol. The molecule has 2 aliphatic heterocycles. The molecule has 2 aromatic rings. The SMILES string of the molecule is O=C(c1ccccc1)N1CC[C@@H]2CN(Cc3ccncc3)S(=O)(=O)[C@@H]2CC1. The van der Waals surface area contributed by atoms with Crippen molar-refractivity contribution < 1.29 is 13.2 Å². The smallest absolute Gasteiger partial charge is 0.253 e. The highest BCUT2D eigenvalue weighted by Gasteiger charge is 2.47. The highest BCUT2D eigenvalue weighted by atomic mass is 32.2. The molecule has 0 unspecified atom stereocenters. The van der Waals surface area contributed by atoms with Gasteiger partial charge in [-0.15, -0.1) is 0 Å². The van der Waals surface area contributed by atoms with Crippen LogP contribution >= 0.6 is 0 Å². The molecule has 7 heteroatoms. The number of amides is 1. The molecule has 0 spiro atoms. The van der Waals surface area contributed by atoms with Gasteiger partial charge in [0.25, 0.3) is 5.91 Å². The summed E-state index contributed by atoms with van der Waals surface area (Å²) in [5, 5.41) is -0.395. The molecule has 0 N–H and O–H groups in total. The Balaban J connectivity index is 1.46. The van der Waals surface area contributed by atoms with Crippen LogP contribution in [-0.4, -0.2) is 53.4 Å². The lowest BCUT2D eigenvalue weighted by Gasteiger charge is -2.22. The number of hydrogen-bond acceptors (Lipinski definition) is 4. The van der Waals surface area contributed by atoms with E-state index in [-0.39, 0.29) is 11.8 Å². The Morgan fingerprint density at radius 1 is 1.04 bits per heavy atom. The van der Waals surface area contributed by atoms with Crippen molar-refractivity contribution in [3.8, 4) is 0 Å². The number of carbonyl (C=O) groups is 1. The molecule has 4 rings (SSSR count). The Morgan fingerprint density at radius 3 is 2.48 bits per heavy atom. The third-order valence-corrected chi connectivity index (χ3v) is 7.96. The van der Waals surface area contributed by atoms with Crippen LogP contribution in [0.1, 0.15) is 28.8 Å². The van der Waals surface area contributed by atoms with Crippen LogP contribution in [0.2, 0.25) is 0 Å². The van der Waals surface area contributed by atoms with E-state index in [1.165, 1.54) is 0 Å². The Labute approximate surface area is 159 Å². The van der Waals surface area contributed by atoms with E-state index >= 15 is 0 Å². The predicted molar refractivity (Wildman–Crippen MR) is 102 cm³/mol. The van der Waals surface area contributed by atoms with Gasteiger partial charge in [-0.25, -0.2) is 8.42 Å². The van der Waals surface area contributed by atoms with E-state index in [0.29, 0.717) is 38.2 Å². The molecule has 3 heterocycles. The number of rotatable bonds is 3. The van der Waals surface area contributed by atoms with E-state index in [9.17, 15) is 13.2 Å². The summed E-state index contributed by atoms with van der Waals surface area (Å²) < 4.78 is 27.7. The van der Waals surface area contributed by atoms with Crippen molar-refractivity contribution in [2.45, 2.75) is 24.6 Å². The zero-order chi connectivity index (χ0) is 18.9. The topological polar surface area (TPSA) is 70.6 Å². The van der Waals surface area contributed by atoms with Gasteiger partial charge in [-0.2, -0.15) is 4.31 Å². The number of fused-ring (bicyclic) bond motifs is 1. The van der Waals surface area contributed by atoms with Crippen molar-refractivity contribution in [2.75, 3.05) is 19.6 Å². The summed E-state index contributed by atoms with van der Waals surface area (Å²) in [6.07, 6.45) is 4.58. The number of aromatic nitrogens is 1. The highest BCUT2D eigenvalue weighted by molar-refractivity contribution is 7.90. The van der Waals surface area contributed by atoms with E-state index in [4.69, 9.17) is 0 Å². The maximum Gasteiger partial charge on any atom is 0.253 e. The minimum atomic E-state index is -3.35. The molecule has 1 amide bonds. The molecular formula is C20H23N3O3S. The summed E-state index contributed by atoms with van der Waals surface area (Å²) in [6.45, 7) is 2.01. The average molecular weight is 385 g/mol. The van der Waals surface area contributed by atoms with E-state index < -0.39 is 15.3 Å². The van der Waals surface area contributed by atoms with Crippen molar-refractivity contribution in [3.05, 3.63) is 66.0 Å². The first-order valence-electron chi connectivity index (χ1n) is 9.28. The van der Waals surface area contributed by atoms with Crippen LogP contribution in [-0.2, 0) is 16.6 Å². The van der Waals surface area contributed by atoms with E-state index in [1.54, 1.807) is 33.7 Å². The van der Waals surface area contributed by atoms with Crippen molar-refractivity contribution in [1.29, 1.82) is 0 Å². The number of likely N-dealkylation sites (tertiary alicyclic amines) is 1. The van der Waals surface area contributed by atoms with Gasteiger partial charge in [-0.05, 0) is 48.6 Å². The number of pyridine rings is 1. The van der Waals surface area contributed by atoms with Crippen LogP contribution in [0.4, 0.5) is 0 Å². The second-order valence-electron chi connectivity index (χ2n) is 7.23. The van der Waals surface area contributed by atoms with E-state index in [0.717, 1.165) is 12.0 Å². The minimum absolute atomic E-state index is 0.0124. The first-order valence-corrected chi connectivity index (χ1v) is 10.8. The van der Waals surface area contributed by atoms with Crippen LogP contribution in [0, 0.1) is 5.92 Å². The normalized spacial score (nSPS) is 25.0. The van der Waals surface area contributed by atoms with Gasteiger partial charge in [0.05, 0.1) is 5.25 Å². The Hall–Kier alpha value is -2.25. The number of sulfonamides is 1. The zero-order valence-electron chi connectivity index (χ0n) is 15.1. The van der Waals surface area contributed by atoms with Crippen LogP contribution in [0.5, 0.6) is 0 Å². The molecule has 2 aliphatic rings. The Kier molecular flexibility index (Phi) is 4.97. The zero-order valence-corrected chi connectivity index (χ0v) is 15.9. The molecule has 2 fully saturated rings. The predicted octanol–water partition coefficient (Wildman–Crippen LogP) is 2.15. The van der Waals surface area contributed by atoms with Crippen molar-refractivity contribution in [1.82, 2.24) is 14.2 Å². The largest absolute Gasteiger partial charge is 0.339 e. The number of hydrogen-bond donors (Lipinski definition) is 0. The molecule has 1 aromatic heterocycles. The molecule has 0 saturated carbocycles. The molecule has 2 atom stereocenters. The standard InChI is InChI=1S/C20H23N3O3S/c24-20(17-4-2-1-3-5-17)22-12-8-18-15-23(14-16-6-10-21-11-7-16)27(25,26)19(18)9-13-22/h1-7,10-11,18-19H,8-9,12-15H2/t18-,19-/m1/s1. The van der Waals surface area contributed by atoms with Gasteiger partial charge >= 0.3 is 0 Å². The van der Waals surface area contributed by atoms with Crippen molar-refractivity contribution in [2.24, 2.45) is 5.92 Å². The molecule has 0 aliphatic carbocycles. The van der Waals surface area contributed by atoms with E-state index in [2.05, 4.69) is 4.98 Å². The number of carbonyl (C=O) groups excluding carboxylic acids is 1. The molecular weight excluding hydrogens is 362 g/mol. The van der Waals surface area contributed by atoms with Crippen molar-refractivity contribution >= 4 is 15.9 Å². The van der Waals surface area contributed by atoms with Gasteiger partial charge in [-0.3, -0.25) is 9.78 Å². The lowest BCUT2D eigenvalue weighted by molar-refractivity contribution is 0.0759. The van der Waals surface area contributed by atoms with Crippen LogP contribution < -0.4 is 0 Å². The fourth-order valence-corrected chi connectivity index (χ4v) is 6.33. The lowest BCUT2D eigenvalue weighted by Crippen LogP contribution is -2.34. The van der Waals surface area contributed by atoms with Gasteiger partial charge in [-0.1, -0.05) is 18.2 Å². The maximum atomic E-state index is 13.0. The molecule has 1 aromatic carbocycles. The lowest BCUT2D eigenvalue weighted by atomic mass is 10.0. The molecule has 0 bridgehead atoms. The average Bonchev–Trinajstić information content (AvgIpc) is 2.83. The summed E-state index contributed by atoms with van der Waals surface area (Å²) in [5.41, 5.74) is 1.61. The summed E-state index contributed by atoms with van der Waals surface area (Å²) in [7, 11) is -3.35. The second-order valence-corrected chi connectivity index (χ2v) is 9.38. The molecule has 0 radical (unpaired) electrons. The highest BCUT2D eigenvalue weighted by Crippen LogP contribution is 2.35. The minimum Gasteiger partial charge on any atom is -0.339 e.